The number of carbonyl (C=O) groups excluding carboxylic acids is 2. The van der Waals surface area contributed by atoms with E-state index >= 15 is 0 Å². The van der Waals surface area contributed by atoms with Gasteiger partial charge in [-0.2, -0.15) is 0 Å². The lowest BCUT2D eigenvalue weighted by Crippen LogP contribution is -2.25. The van der Waals surface area contributed by atoms with Gasteiger partial charge in [-0.25, -0.2) is 0 Å². The fourth-order valence-electron chi connectivity index (χ4n) is 0.428. The van der Waals surface area contributed by atoms with Gasteiger partial charge in [0, 0.05) is 19.7 Å². The van der Waals surface area contributed by atoms with Crippen molar-refractivity contribution in [2.24, 2.45) is 5.73 Å². The standard InChI is InChI=1S/C7H12N2O2/c1-5(7(8)11)4-6(10)9(2)3/h1,4H2,2-3H3,(H2,8,11). The lowest BCUT2D eigenvalue weighted by atomic mass is 10.2. The second-order valence-corrected chi connectivity index (χ2v) is 2.43. The fraction of sp³-hybridized carbons (Fsp3) is 0.429. The second kappa shape index (κ2) is 3.75. The summed E-state index contributed by atoms with van der Waals surface area (Å²) in [5.74, 6) is -0.797. The molecule has 0 aliphatic carbocycles. The summed E-state index contributed by atoms with van der Waals surface area (Å²) in [7, 11) is 3.22. The molecule has 4 nitrogen and oxygen atoms in total. The van der Waals surface area contributed by atoms with E-state index in [0.29, 0.717) is 0 Å². The molecule has 0 unspecified atom stereocenters. The zero-order valence-electron chi connectivity index (χ0n) is 6.76. The molecule has 2 amide bonds. The third-order valence-corrected chi connectivity index (χ3v) is 1.21. The van der Waals surface area contributed by atoms with Crippen molar-refractivity contribution < 1.29 is 9.59 Å². The van der Waals surface area contributed by atoms with Crippen molar-refractivity contribution >= 4 is 11.8 Å². The molecule has 0 aromatic rings. The van der Waals surface area contributed by atoms with E-state index in [4.69, 9.17) is 5.73 Å². The number of nitrogens with two attached hydrogens (primary N) is 1. The summed E-state index contributed by atoms with van der Waals surface area (Å²) in [6, 6.07) is 0. The molecule has 4 heteroatoms. The van der Waals surface area contributed by atoms with E-state index < -0.39 is 5.91 Å². The van der Waals surface area contributed by atoms with Gasteiger partial charge in [-0.15, -0.1) is 0 Å². The quantitative estimate of drug-likeness (QED) is 0.560. The van der Waals surface area contributed by atoms with Gasteiger partial charge in [0.25, 0.3) is 0 Å². The molecule has 0 aliphatic rings. The molecule has 0 heterocycles. The van der Waals surface area contributed by atoms with Gasteiger partial charge in [0.05, 0.1) is 6.42 Å². The van der Waals surface area contributed by atoms with E-state index in [1.165, 1.54) is 4.90 Å². The first-order chi connectivity index (χ1) is 4.95. The Labute approximate surface area is 65.7 Å². The van der Waals surface area contributed by atoms with Crippen LogP contribution in [0.2, 0.25) is 0 Å². The third-order valence-electron chi connectivity index (χ3n) is 1.21. The van der Waals surface area contributed by atoms with Crippen LogP contribution in [0.15, 0.2) is 12.2 Å². The first kappa shape index (κ1) is 9.68. The Morgan fingerprint density at radius 1 is 1.45 bits per heavy atom. The summed E-state index contributed by atoms with van der Waals surface area (Å²) >= 11 is 0. The molecule has 0 saturated carbocycles. The first-order valence-corrected chi connectivity index (χ1v) is 3.13. The highest BCUT2D eigenvalue weighted by atomic mass is 16.2. The van der Waals surface area contributed by atoms with Crippen molar-refractivity contribution in [3.05, 3.63) is 12.2 Å². The summed E-state index contributed by atoms with van der Waals surface area (Å²) in [4.78, 5) is 22.7. The molecule has 11 heavy (non-hydrogen) atoms. The maximum absolute atomic E-state index is 10.9. The van der Waals surface area contributed by atoms with E-state index in [-0.39, 0.29) is 17.9 Å². The van der Waals surface area contributed by atoms with Crippen LogP contribution in [0.25, 0.3) is 0 Å². The molecule has 0 rings (SSSR count). The van der Waals surface area contributed by atoms with E-state index in [2.05, 4.69) is 6.58 Å². The molecule has 62 valence electrons. The Morgan fingerprint density at radius 3 is 2.18 bits per heavy atom. The Kier molecular flexibility index (Phi) is 3.30. The highest BCUT2D eigenvalue weighted by Gasteiger charge is 2.09. The van der Waals surface area contributed by atoms with Crippen molar-refractivity contribution in [2.75, 3.05) is 14.1 Å². The number of nitrogens with zero attached hydrogens (tertiary/aromatic N) is 1. The van der Waals surface area contributed by atoms with Crippen LogP contribution in [-0.2, 0) is 9.59 Å². The maximum atomic E-state index is 10.9. The van der Waals surface area contributed by atoms with E-state index in [1.807, 2.05) is 0 Å². The highest BCUT2D eigenvalue weighted by molar-refractivity contribution is 5.96. The monoisotopic (exact) mass is 156 g/mol. The SMILES string of the molecule is C=C(CC(=O)N(C)C)C(N)=O. The van der Waals surface area contributed by atoms with Crippen LogP contribution in [0.5, 0.6) is 0 Å². The molecule has 0 saturated heterocycles. The predicted octanol–water partition coefficient (Wildman–Crippen LogP) is -0.494. The molecule has 0 radical (unpaired) electrons. The number of hydrogen-bond acceptors (Lipinski definition) is 2. The van der Waals surface area contributed by atoms with Crippen molar-refractivity contribution in [3.63, 3.8) is 0 Å². The summed E-state index contributed by atoms with van der Waals surface area (Å²) in [5.41, 5.74) is 5.02. The lowest BCUT2D eigenvalue weighted by Gasteiger charge is -2.09. The van der Waals surface area contributed by atoms with E-state index in [9.17, 15) is 9.59 Å². The zero-order chi connectivity index (χ0) is 9.02. The Morgan fingerprint density at radius 2 is 1.91 bits per heavy atom. The minimum Gasteiger partial charge on any atom is -0.366 e. The lowest BCUT2D eigenvalue weighted by molar-refractivity contribution is -0.129. The Balaban J connectivity index is 3.96. The summed E-state index contributed by atoms with van der Waals surface area (Å²) in [6.45, 7) is 3.35. The Bertz CT molecular complexity index is 197. The molecular weight excluding hydrogens is 144 g/mol. The summed E-state index contributed by atoms with van der Waals surface area (Å²) in [6.07, 6.45) is 0.00231. The molecule has 2 N–H and O–H groups in total. The highest BCUT2D eigenvalue weighted by Crippen LogP contribution is 1.98. The first-order valence-electron chi connectivity index (χ1n) is 3.13. The maximum Gasteiger partial charge on any atom is 0.244 e. The molecule has 0 aromatic carbocycles. The van der Waals surface area contributed by atoms with Gasteiger partial charge in [0.1, 0.15) is 0 Å². The second-order valence-electron chi connectivity index (χ2n) is 2.43. The van der Waals surface area contributed by atoms with Gasteiger partial charge in [0.15, 0.2) is 0 Å². The van der Waals surface area contributed by atoms with Crippen LogP contribution in [0.4, 0.5) is 0 Å². The molecule has 0 aliphatic heterocycles. The van der Waals surface area contributed by atoms with Crippen LogP contribution in [0.1, 0.15) is 6.42 Å². The minimum absolute atomic E-state index is 0.00231. The normalized spacial score (nSPS) is 8.91. The summed E-state index contributed by atoms with van der Waals surface area (Å²) in [5, 5.41) is 0. The third kappa shape index (κ3) is 3.40. The largest absolute Gasteiger partial charge is 0.366 e. The minimum atomic E-state index is -0.625. The van der Waals surface area contributed by atoms with Gasteiger partial charge in [-0.05, 0) is 0 Å². The molecule has 0 spiro atoms. The van der Waals surface area contributed by atoms with Gasteiger partial charge >= 0.3 is 0 Å². The number of amides is 2. The van der Waals surface area contributed by atoms with Crippen LogP contribution < -0.4 is 5.73 Å². The van der Waals surface area contributed by atoms with Crippen molar-refractivity contribution in [3.8, 4) is 0 Å². The Hall–Kier alpha value is -1.32. The van der Waals surface area contributed by atoms with Crippen LogP contribution in [0, 0.1) is 0 Å². The average Bonchev–Trinajstić information content (AvgIpc) is 1.87. The number of primary amides is 1. The number of rotatable bonds is 3. The zero-order valence-corrected chi connectivity index (χ0v) is 6.76. The molecular formula is C7H12N2O2. The van der Waals surface area contributed by atoms with Crippen molar-refractivity contribution in [1.29, 1.82) is 0 Å². The summed E-state index contributed by atoms with van der Waals surface area (Å²) < 4.78 is 0. The smallest absolute Gasteiger partial charge is 0.244 e. The molecule has 0 atom stereocenters. The van der Waals surface area contributed by atoms with Crippen molar-refractivity contribution in [1.82, 2.24) is 4.90 Å². The van der Waals surface area contributed by atoms with Crippen LogP contribution >= 0.6 is 0 Å². The molecule has 0 bridgehead atoms. The fourth-order valence-corrected chi connectivity index (χ4v) is 0.428. The van der Waals surface area contributed by atoms with Gasteiger partial charge in [-0.3, -0.25) is 9.59 Å². The van der Waals surface area contributed by atoms with Gasteiger partial charge < -0.3 is 10.6 Å². The molecule has 0 aromatic heterocycles. The van der Waals surface area contributed by atoms with Gasteiger partial charge in [-0.1, -0.05) is 6.58 Å². The topological polar surface area (TPSA) is 63.4 Å². The number of carbonyl (C=O) groups is 2. The number of hydrogen-bond donors (Lipinski definition) is 1. The predicted molar refractivity (Wildman–Crippen MR) is 41.6 cm³/mol. The van der Waals surface area contributed by atoms with Crippen LogP contribution in [-0.4, -0.2) is 30.8 Å². The van der Waals surface area contributed by atoms with E-state index in [0.717, 1.165) is 0 Å². The van der Waals surface area contributed by atoms with Crippen molar-refractivity contribution in [2.45, 2.75) is 6.42 Å². The molecule has 0 fully saturated rings. The van der Waals surface area contributed by atoms with Crippen LogP contribution in [0.3, 0.4) is 0 Å². The van der Waals surface area contributed by atoms with Gasteiger partial charge in [0.2, 0.25) is 11.8 Å². The van der Waals surface area contributed by atoms with E-state index in [1.54, 1.807) is 14.1 Å². The average molecular weight is 156 g/mol.